The molecule has 0 bridgehead atoms. The summed E-state index contributed by atoms with van der Waals surface area (Å²) in [5.41, 5.74) is 3.46. The van der Waals surface area contributed by atoms with Crippen molar-refractivity contribution >= 4 is 0 Å². The van der Waals surface area contributed by atoms with Gasteiger partial charge < -0.3 is 4.57 Å². The first-order valence-electron chi connectivity index (χ1n) is 5.44. The van der Waals surface area contributed by atoms with Crippen molar-refractivity contribution in [2.75, 3.05) is 0 Å². The smallest absolute Gasteiger partial charge is 0.123 e. The zero-order valence-corrected chi connectivity index (χ0v) is 9.49. The van der Waals surface area contributed by atoms with Crippen molar-refractivity contribution in [1.82, 2.24) is 19.3 Å². The molecule has 1 aromatic carbocycles. The Kier molecular flexibility index (Phi) is 2.26. The molecule has 0 saturated carbocycles. The van der Waals surface area contributed by atoms with E-state index in [0.717, 1.165) is 5.69 Å². The molecule has 0 atom stereocenters. The Labute approximate surface area is 99.2 Å². The van der Waals surface area contributed by atoms with Crippen LogP contribution in [-0.2, 0) is 0 Å². The molecule has 0 radical (unpaired) electrons. The monoisotopic (exact) mass is 224 g/mol. The van der Waals surface area contributed by atoms with Gasteiger partial charge in [0.2, 0.25) is 0 Å². The van der Waals surface area contributed by atoms with Gasteiger partial charge in [0, 0.05) is 18.1 Å². The van der Waals surface area contributed by atoms with Gasteiger partial charge in [-0.15, -0.1) is 10.2 Å². The highest BCUT2D eigenvalue weighted by Gasteiger charge is 2.06. The summed E-state index contributed by atoms with van der Waals surface area (Å²) in [5, 5.41) is 7.68. The lowest BCUT2D eigenvalue weighted by atomic mass is 10.1. The molecule has 0 unspecified atom stereocenters. The molecule has 0 N–H and O–H groups in total. The quantitative estimate of drug-likeness (QED) is 0.670. The lowest BCUT2D eigenvalue weighted by molar-refractivity contribution is 1.00. The van der Waals surface area contributed by atoms with Crippen LogP contribution < -0.4 is 0 Å². The third-order valence-corrected chi connectivity index (χ3v) is 2.86. The molecule has 4 heteroatoms. The van der Waals surface area contributed by atoms with Crippen LogP contribution in [0.5, 0.6) is 0 Å². The fraction of sp³-hybridized carbons (Fsp3) is 0.0769. The van der Waals surface area contributed by atoms with E-state index in [1.807, 2.05) is 35.2 Å². The molecular formula is C13H12N4. The summed E-state index contributed by atoms with van der Waals surface area (Å²) in [7, 11) is 0. The Bertz CT molecular complexity index is 556. The fourth-order valence-electron chi connectivity index (χ4n) is 1.99. The summed E-state index contributed by atoms with van der Waals surface area (Å²) in [5.74, 6) is 0. The van der Waals surface area contributed by atoms with Gasteiger partial charge in [0.25, 0.3) is 0 Å². The van der Waals surface area contributed by atoms with Gasteiger partial charge in [-0.25, -0.2) is 0 Å². The molecule has 17 heavy (non-hydrogen) atoms. The van der Waals surface area contributed by atoms with Gasteiger partial charge in [0.05, 0.1) is 5.69 Å². The van der Waals surface area contributed by atoms with Crippen LogP contribution >= 0.6 is 0 Å². The first-order valence-corrected chi connectivity index (χ1v) is 5.44. The molecule has 0 aliphatic rings. The Balaban J connectivity index is 2.17. The molecular weight excluding hydrogens is 212 g/mol. The van der Waals surface area contributed by atoms with Crippen LogP contribution in [0.15, 0.2) is 55.4 Å². The van der Waals surface area contributed by atoms with Crippen molar-refractivity contribution in [3.8, 4) is 11.4 Å². The van der Waals surface area contributed by atoms with Crippen molar-refractivity contribution in [2.24, 2.45) is 0 Å². The van der Waals surface area contributed by atoms with Gasteiger partial charge >= 0.3 is 0 Å². The van der Waals surface area contributed by atoms with Crippen molar-refractivity contribution in [3.63, 3.8) is 0 Å². The van der Waals surface area contributed by atoms with E-state index >= 15 is 0 Å². The second-order valence-electron chi connectivity index (χ2n) is 3.88. The summed E-state index contributed by atoms with van der Waals surface area (Å²) >= 11 is 0. The average molecular weight is 224 g/mol. The van der Waals surface area contributed by atoms with Crippen LogP contribution in [0.1, 0.15) is 5.56 Å². The third kappa shape index (κ3) is 1.63. The topological polar surface area (TPSA) is 35.6 Å². The summed E-state index contributed by atoms with van der Waals surface area (Å²) in [6, 6.07) is 10.2. The van der Waals surface area contributed by atoms with Gasteiger partial charge in [-0.1, -0.05) is 6.07 Å². The van der Waals surface area contributed by atoms with Gasteiger partial charge in [-0.2, -0.15) is 0 Å². The zero-order valence-electron chi connectivity index (χ0n) is 9.49. The number of hydrogen-bond acceptors (Lipinski definition) is 2. The summed E-state index contributed by atoms with van der Waals surface area (Å²) in [4.78, 5) is 0. The van der Waals surface area contributed by atoms with Crippen LogP contribution in [-0.4, -0.2) is 19.3 Å². The first-order chi connectivity index (χ1) is 8.36. The maximum atomic E-state index is 3.84. The van der Waals surface area contributed by atoms with Crippen molar-refractivity contribution < 1.29 is 0 Å². The zero-order chi connectivity index (χ0) is 11.7. The molecule has 0 amide bonds. The molecule has 0 spiro atoms. The van der Waals surface area contributed by atoms with E-state index in [2.05, 4.69) is 33.8 Å². The Morgan fingerprint density at radius 2 is 1.41 bits per heavy atom. The Morgan fingerprint density at radius 1 is 0.824 bits per heavy atom. The van der Waals surface area contributed by atoms with Crippen LogP contribution in [0, 0.1) is 6.92 Å². The minimum atomic E-state index is 1.10. The molecule has 0 saturated heterocycles. The van der Waals surface area contributed by atoms with Crippen molar-refractivity contribution in [1.29, 1.82) is 0 Å². The summed E-state index contributed by atoms with van der Waals surface area (Å²) in [6.07, 6.45) is 7.50. The van der Waals surface area contributed by atoms with Crippen LogP contribution in [0.3, 0.4) is 0 Å². The molecule has 3 rings (SSSR count). The second kappa shape index (κ2) is 3.90. The van der Waals surface area contributed by atoms with E-state index in [1.54, 1.807) is 12.7 Å². The van der Waals surface area contributed by atoms with Gasteiger partial charge in [-0.05, 0) is 36.8 Å². The van der Waals surface area contributed by atoms with Crippen LogP contribution in [0.2, 0.25) is 0 Å². The predicted octanol–water partition coefficient (Wildman–Crippen LogP) is 2.37. The lowest BCUT2D eigenvalue weighted by Gasteiger charge is -2.12. The largest absolute Gasteiger partial charge is 0.324 e. The Hall–Kier alpha value is -2.36. The van der Waals surface area contributed by atoms with E-state index < -0.39 is 0 Å². The molecule has 84 valence electrons. The maximum absolute atomic E-state index is 3.84. The van der Waals surface area contributed by atoms with Crippen LogP contribution in [0.4, 0.5) is 0 Å². The Morgan fingerprint density at radius 3 is 2.06 bits per heavy atom. The molecule has 3 aromatic rings. The van der Waals surface area contributed by atoms with Gasteiger partial charge in [0.1, 0.15) is 12.7 Å². The summed E-state index contributed by atoms with van der Waals surface area (Å²) in [6.45, 7) is 2.10. The first kappa shape index (κ1) is 9.84. The molecule has 0 aliphatic carbocycles. The summed E-state index contributed by atoms with van der Waals surface area (Å²) < 4.78 is 4.02. The number of hydrogen-bond donors (Lipinski definition) is 0. The molecule has 2 heterocycles. The van der Waals surface area contributed by atoms with E-state index in [0.29, 0.717) is 0 Å². The van der Waals surface area contributed by atoms with E-state index in [9.17, 15) is 0 Å². The standard InChI is InChI=1S/C13H12N4/c1-11-12(16-7-2-3-8-16)5-4-6-13(11)17-9-14-15-10-17/h2-10H,1H3. The second-order valence-corrected chi connectivity index (χ2v) is 3.88. The molecule has 4 nitrogen and oxygen atoms in total. The third-order valence-electron chi connectivity index (χ3n) is 2.86. The highest BCUT2D eigenvalue weighted by atomic mass is 15.2. The predicted molar refractivity (Wildman–Crippen MR) is 65.4 cm³/mol. The number of benzene rings is 1. The maximum Gasteiger partial charge on any atom is 0.123 e. The van der Waals surface area contributed by atoms with Crippen molar-refractivity contribution in [2.45, 2.75) is 6.92 Å². The number of aromatic nitrogens is 4. The van der Waals surface area contributed by atoms with E-state index in [-0.39, 0.29) is 0 Å². The number of rotatable bonds is 2. The SMILES string of the molecule is Cc1c(-n2cccc2)cccc1-n1cnnc1. The normalized spacial score (nSPS) is 10.6. The molecule has 0 fully saturated rings. The van der Waals surface area contributed by atoms with E-state index in [1.165, 1.54) is 11.3 Å². The molecule has 2 aromatic heterocycles. The average Bonchev–Trinajstić information content (AvgIpc) is 3.02. The number of nitrogens with zero attached hydrogens (tertiary/aromatic N) is 4. The fourth-order valence-corrected chi connectivity index (χ4v) is 1.99. The highest BCUT2D eigenvalue weighted by molar-refractivity contribution is 5.52. The van der Waals surface area contributed by atoms with Crippen LogP contribution in [0.25, 0.3) is 11.4 Å². The minimum absolute atomic E-state index is 1.10. The van der Waals surface area contributed by atoms with Gasteiger partial charge in [-0.3, -0.25) is 4.57 Å². The molecule has 0 aliphatic heterocycles. The van der Waals surface area contributed by atoms with E-state index in [4.69, 9.17) is 0 Å². The minimum Gasteiger partial charge on any atom is -0.324 e. The highest BCUT2D eigenvalue weighted by Crippen LogP contribution is 2.20. The van der Waals surface area contributed by atoms with Gasteiger partial charge in [0.15, 0.2) is 0 Å². The lowest BCUT2D eigenvalue weighted by Crippen LogP contribution is -2.00. The van der Waals surface area contributed by atoms with Crippen molar-refractivity contribution in [3.05, 3.63) is 60.9 Å².